The number of nitrogens with zero attached hydrogens (tertiary/aromatic N) is 1. The highest BCUT2D eigenvalue weighted by Gasteiger charge is 2.24. The van der Waals surface area contributed by atoms with Crippen LogP contribution in [0.1, 0.15) is 18.1 Å². The number of ether oxygens (including phenoxy) is 2. The average molecular weight is 264 g/mol. The Bertz CT molecular complexity index is 419. The van der Waals surface area contributed by atoms with E-state index < -0.39 is 0 Å². The third kappa shape index (κ3) is 3.68. The number of morpholine rings is 1. The number of methoxy groups -OCH3 is 1. The molecule has 0 spiro atoms. The molecule has 0 aromatic heterocycles. The lowest BCUT2D eigenvalue weighted by Gasteiger charge is -2.33. The summed E-state index contributed by atoms with van der Waals surface area (Å²) in [6, 6.07) is 7.60. The Morgan fingerprint density at radius 1 is 1.47 bits per heavy atom. The van der Waals surface area contributed by atoms with E-state index in [1.807, 2.05) is 29.2 Å². The highest BCUT2D eigenvalue weighted by molar-refractivity contribution is 5.76. The summed E-state index contributed by atoms with van der Waals surface area (Å²) in [5.74, 6) is 0.116. The summed E-state index contributed by atoms with van der Waals surface area (Å²) in [5.41, 5.74) is 7.45. The van der Waals surface area contributed by atoms with E-state index in [0.717, 1.165) is 11.3 Å². The fourth-order valence-corrected chi connectivity index (χ4v) is 2.14. The van der Waals surface area contributed by atoms with Crippen LogP contribution >= 0.6 is 0 Å². The van der Waals surface area contributed by atoms with Gasteiger partial charge in [-0.2, -0.15) is 0 Å². The van der Waals surface area contributed by atoms with Crippen molar-refractivity contribution in [2.24, 2.45) is 0 Å². The van der Waals surface area contributed by atoms with Crippen LogP contribution in [0.3, 0.4) is 0 Å². The SMILES string of the molecule is COCCC(=O)N1CCOC(c2ccc(N)cc2)C1. The number of carbonyl (C=O) groups excluding carboxylic acids is 1. The van der Waals surface area contributed by atoms with Crippen LogP contribution in [0.4, 0.5) is 5.69 Å². The summed E-state index contributed by atoms with van der Waals surface area (Å²) in [6.07, 6.45) is 0.353. The number of nitrogens with two attached hydrogens (primary N) is 1. The second-order valence-electron chi connectivity index (χ2n) is 4.61. The number of carbonyl (C=O) groups is 1. The van der Waals surface area contributed by atoms with Crippen molar-refractivity contribution >= 4 is 11.6 Å². The van der Waals surface area contributed by atoms with Gasteiger partial charge in [0.05, 0.1) is 26.2 Å². The maximum absolute atomic E-state index is 12.0. The second-order valence-corrected chi connectivity index (χ2v) is 4.61. The van der Waals surface area contributed by atoms with E-state index in [1.165, 1.54) is 0 Å². The molecule has 1 aromatic carbocycles. The summed E-state index contributed by atoms with van der Waals surface area (Å²) in [5, 5.41) is 0. The fourth-order valence-electron chi connectivity index (χ4n) is 2.14. The molecule has 0 saturated carbocycles. The fraction of sp³-hybridized carbons (Fsp3) is 0.500. The van der Waals surface area contributed by atoms with Gasteiger partial charge in [0.25, 0.3) is 0 Å². The van der Waals surface area contributed by atoms with Gasteiger partial charge in [-0.25, -0.2) is 0 Å². The van der Waals surface area contributed by atoms with E-state index in [4.69, 9.17) is 15.2 Å². The smallest absolute Gasteiger partial charge is 0.225 e. The van der Waals surface area contributed by atoms with Crippen molar-refractivity contribution < 1.29 is 14.3 Å². The van der Waals surface area contributed by atoms with Gasteiger partial charge in [-0.05, 0) is 17.7 Å². The largest absolute Gasteiger partial charge is 0.399 e. The van der Waals surface area contributed by atoms with Crippen LogP contribution in [0.2, 0.25) is 0 Å². The number of rotatable bonds is 4. The normalized spacial score (nSPS) is 19.4. The van der Waals surface area contributed by atoms with Crippen molar-refractivity contribution in [1.29, 1.82) is 0 Å². The van der Waals surface area contributed by atoms with E-state index in [-0.39, 0.29) is 12.0 Å². The molecule has 0 bridgehead atoms. The van der Waals surface area contributed by atoms with Crippen LogP contribution in [-0.2, 0) is 14.3 Å². The van der Waals surface area contributed by atoms with Crippen molar-refractivity contribution in [2.45, 2.75) is 12.5 Å². The van der Waals surface area contributed by atoms with Crippen LogP contribution in [0.25, 0.3) is 0 Å². The minimum absolute atomic E-state index is 0.0687. The molecular formula is C14H20N2O3. The van der Waals surface area contributed by atoms with Gasteiger partial charge < -0.3 is 20.1 Å². The molecule has 1 fully saturated rings. The molecule has 5 nitrogen and oxygen atoms in total. The molecule has 0 aliphatic carbocycles. The van der Waals surface area contributed by atoms with Crippen molar-refractivity contribution in [3.8, 4) is 0 Å². The number of nitrogen functional groups attached to an aromatic ring is 1. The summed E-state index contributed by atoms with van der Waals surface area (Å²) < 4.78 is 10.7. The van der Waals surface area contributed by atoms with Crippen LogP contribution in [0.15, 0.2) is 24.3 Å². The average Bonchev–Trinajstić information content (AvgIpc) is 2.45. The number of hydrogen-bond donors (Lipinski definition) is 1. The molecule has 19 heavy (non-hydrogen) atoms. The van der Waals surface area contributed by atoms with Gasteiger partial charge in [0.1, 0.15) is 6.10 Å². The highest BCUT2D eigenvalue weighted by atomic mass is 16.5. The quantitative estimate of drug-likeness (QED) is 0.830. The van der Waals surface area contributed by atoms with Gasteiger partial charge >= 0.3 is 0 Å². The van der Waals surface area contributed by atoms with Crippen molar-refractivity contribution in [3.63, 3.8) is 0 Å². The monoisotopic (exact) mass is 264 g/mol. The Hall–Kier alpha value is -1.59. The standard InChI is InChI=1S/C14H20N2O3/c1-18-8-6-14(17)16-7-9-19-13(10-16)11-2-4-12(15)5-3-11/h2-5,13H,6-10,15H2,1H3. The first kappa shape index (κ1) is 13.8. The zero-order valence-electron chi connectivity index (χ0n) is 11.2. The predicted octanol–water partition coefficient (Wildman–Crippen LogP) is 1.21. The highest BCUT2D eigenvalue weighted by Crippen LogP contribution is 2.23. The molecule has 104 valence electrons. The first-order valence-corrected chi connectivity index (χ1v) is 6.44. The van der Waals surface area contributed by atoms with E-state index in [2.05, 4.69) is 0 Å². The Labute approximate surface area is 113 Å². The number of benzene rings is 1. The molecule has 1 aromatic rings. The second kappa shape index (κ2) is 6.54. The first-order chi connectivity index (χ1) is 9.20. The van der Waals surface area contributed by atoms with Crippen LogP contribution in [0, 0.1) is 0 Å². The van der Waals surface area contributed by atoms with Gasteiger partial charge in [-0.1, -0.05) is 12.1 Å². The van der Waals surface area contributed by atoms with Gasteiger partial charge in [-0.3, -0.25) is 4.79 Å². The number of amides is 1. The van der Waals surface area contributed by atoms with Gasteiger partial charge in [0.2, 0.25) is 5.91 Å². The zero-order chi connectivity index (χ0) is 13.7. The van der Waals surface area contributed by atoms with Crippen molar-refractivity contribution in [2.75, 3.05) is 39.1 Å². The lowest BCUT2D eigenvalue weighted by atomic mass is 10.1. The molecule has 2 N–H and O–H groups in total. The first-order valence-electron chi connectivity index (χ1n) is 6.44. The lowest BCUT2D eigenvalue weighted by Crippen LogP contribution is -2.42. The molecule has 1 unspecified atom stereocenters. The minimum atomic E-state index is -0.0687. The summed E-state index contributed by atoms with van der Waals surface area (Å²) >= 11 is 0. The van der Waals surface area contributed by atoms with Crippen LogP contribution < -0.4 is 5.73 Å². The van der Waals surface area contributed by atoms with E-state index in [0.29, 0.717) is 32.7 Å². The topological polar surface area (TPSA) is 64.8 Å². The number of hydrogen-bond acceptors (Lipinski definition) is 4. The van der Waals surface area contributed by atoms with E-state index in [1.54, 1.807) is 7.11 Å². The van der Waals surface area contributed by atoms with Crippen molar-refractivity contribution in [3.05, 3.63) is 29.8 Å². The zero-order valence-corrected chi connectivity index (χ0v) is 11.2. The maximum atomic E-state index is 12.0. The van der Waals surface area contributed by atoms with Gasteiger partial charge in [0, 0.05) is 19.3 Å². The van der Waals surface area contributed by atoms with Crippen LogP contribution in [-0.4, -0.2) is 44.2 Å². The molecule has 2 rings (SSSR count). The third-order valence-electron chi connectivity index (χ3n) is 3.25. The van der Waals surface area contributed by atoms with Crippen LogP contribution in [0.5, 0.6) is 0 Å². The lowest BCUT2D eigenvalue weighted by molar-refractivity contribution is -0.139. The Balaban J connectivity index is 1.96. The molecule has 1 heterocycles. The number of anilines is 1. The Morgan fingerprint density at radius 2 is 2.21 bits per heavy atom. The predicted molar refractivity (Wildman–Crippen MR) is 72.6 cm³/mol. The summed E-state index contributed by atoms with van der Waals surface area (Å²) in [7, 11) is 1.60. The van der Waals surface area contributed by atoms with Gasteiger partial charge in [0.15, 0.2) is 0 Å². The summed E-state index contributed by atoms with van der Waals surface area (Å²) in [4.78, 5) is 13.8. The molecular weight excluding hydrogens is 244 g/mol. The molecule has 1 amide bonds. The van der Waals surface area contributed by atoms with Crippen molar-refractivity contribution in [1.82, 2.24) is 4.90 Å². The molecule has 1 aliphatic heterocycles. The van der Waals surface area contributed by atoms with Gasteiger partial charge in [-0.15, -0.1) is 0 Å². The molecule has 1 saturated heterocycles. The Kier molecular flexibility index (Phi) is 4.76. The molecule has 1 aliphatic rings. The molecule has 0 radical (unpaired) electrons. The van der Waals surface area contributed by atoms with E-state index in [9.17, 15) is 4.79 Å². The third-order valence-corrected chi connectivity index (χ3v) is 3.25. The minimum Gasteiger partial charge on any atom is -0.399 e. The Morgan fingerprint density at radius 3 is 2.89 bits per heavy atom. The summed E-state index contributed by atoms with van der Waals surface area (Å²) in [6.45, 7) is 2.26. The molecule has 5 heteroatoms. The van der Waals surface area contributed by atoms with E-state index >= 15 is 0 Å². The molecule has 1 atom stereocenters. The maximum Gasteiger partial charge on any atom is 0.225 e.